The van der Waals surface area contributed by atoms with Gasteiger partial charge in [-0.3, -0.25) is 4.79 Å². The third-order valence-electron chi connectivity index (χ3n) is 2.63. The number of halogens is 2. The van der Waals surface area contributed by atoms with Crippen LogP contribution < -0.4 is 10.6 Å². The quantitative estimate of drug-likeness (QED) is 0.789. The van der Waals surface area contributed by atoms with E-state index in [4.69, 9.17) is 0 Å². The average molecular weight is 226 g/mol. The van der Waals surface area contributed by atoms with Gasteiger partial charge in [-0.2, -0.15) is 0 Å². The van der Waals surface area contributed by atoms with Crippen molar-refractivity contribution < 1.29 is 13.6 Å². The van der Waals surface area contributed by atoms with E-state index in [9.17, 15) is 13.6 Å². The van der Waals surface area contributed by atoms with E-state index in [1.165, 1.54) is 13.0 Å². The van der Waals surface area contributed by atoms with Crippen LogP contribution in [0.1, 0.15) is 15.9 Å². The van der Waals surface area contributed by atoms with E-state index >= 15 is 0 Å². The number of benzene rings is 1. The van der Waals surface area contributed by atoms with Crippen molar-refractivity contribution in [2.24, 2.45) is 0 Å². The van der Waals surface area contributed by atoms with Gasteiger partial charge in [0.2, 0.25) is 0 Å². The summed E-state index contributed by atoms with van der Waals surface area (Å²) in [5, 5.41) is 5.52. The van der Waals surface area contributed by atoms with Gasteiger partial charge in [-0.1, -0.05) is 6.07 Å². The normalized spacial score (nSPS) is 15.7. The first-order valence-electron chi connectivity index (χ1n) is 5.06. The van der Waals surface area contributed by atoms with E-state index in [0.29, 0.717) is 13.1 Å². The molecule has 0 aromatic heterocycles. The van der Waals surface area contributed by atoms with Gasteiger partial charge in [0.05, 0.1) is 6.04 Å². The number of hydrogen-bond donors (Lipinski definition) is 2. The van der Waals surface area contributed by atoms with E-state index in [0.717, 1.165) is 6.07 Å². The van der Waals surface area contributed by atoms with Crippen LogP contribution in [0.4, 0.5) is 8.78 Å². The zero-order valence-electron chi connectivity index (χ0n) is 8.81. The average Bonchev–Trinajstić information content (AvgIpc) is 2.18. The molecule has 5 heteroatoms. The maximum absolute atomic E-state index is 13.6. The minimum absolute atomic E-state index is 0.0354. The molecule has 0 unspecified atom stereocenters. The molecule has 86 valence electrons. The van der Waals surface area contributed by atoms with Crippen LogP contribution in [0.2, 0.25) is 0 Å². The smallest absolute Gasteiger partial charge is 0.257 e. The molecule has 0 aliphatic carbocycles. The third-order valence-corrected chi connectivity index (χ3v) is 2.63. The van der Waals surface area contributed by atoms with Gasteiger partial charge in [0.25, 0.3) is 5.91 Å². The van der Waals surface area contributed by atoms with Crippen LogP contribution in [0.3, 0.4) is 0 Å². The largest absolute Gasteiger partial charge is 0.347 e. The van der Waals surface area contributed by atoms with E-state index in [-0.39, 0.29) is 11.6 Å². The van der Waals surface area contributed by atoms with Crippen LogP contribution >= 0.6 is 0 Å². The molecule has 1 saturated heterocycles. The first kappa shape index (κ1) is 11.0. The molecule has 0 spiro atoms. The highest BCUT2D eigenvalue weighted by molar-refractivity contribution is 5.95. The molecule has 0 atom stereocenters. The van der Waals surface area contributed by atoms with Gasteiger partial charge in [0, 0.05) is 13.1 Å². The second-order valence-electron chi connectivity index (χ2n) is 3.88. The van der Waals surface area contributed by atoms with Crippen molar-refractivity contribution in [2.45, 2.75) is 13.0 Å². The SMILES string of the molecule is Cc1ccc(F)c(C(=O)NC2CNC2)c1F. The van der Waals surface area contributed by atoms with Crippen LogP contribution in [-0.2, 0) is 0 Å². The fraction of sp³-hybridized carbons (Fsp3) is 0.364. The van der Waals surface area contributed by atoms with Crippen molar-refractivity contribution in [2.75, 3.05) is 13.1 Å². The highest BCUT2D eigenvalue weighted by Gasteiger charge is 2.24. The highest BCUT2D eigenvalue weighted by Crippen LogP contribution is 2.16. The third kappa shape index (κ3) is 1.90. The van der Waals surface area contributed by atoms with Gasteiger partial charge < -0.3 is 10.6 Å². The maximum Gasteiger partial charge on any atom is 0.257 e. The second kappa shape index (κ2) is 4.17. The van der Waals surface area contributed by atoms with Crippen molar-refractivity contribution in [1.29, 1.82) is 0 Å². The molecule has 0 saturated carbocycles. The van der Waals surface area contributed by atoms with Crippen LogP contribution in [0.25, 0.3) is 0 Å². The Morgan fingerprint density at radius 1 is 1.44 bits per heavy atom. The minimum Gasteiger partial charge on any atom is -0.347 e. The Morgan fingerprint density at radius 2 is 2.12 bits per heavy atom. The summed E-state index contributed by atoms with van der Waals surface area (Å²) in [7, 11) is 0. The predicted molar refractivity (Wildman–Crippen MR) is 55.2 cm³/mol. The molecule has 1 amide bonds. The van der Waals surface area contributed by atoms with Crippen molar-refractivity contribution in [3.05, 3.63) is 34.9 Å². The Morgan fingerprint density at radius 3 is 2.69 bits per heavy atom. The van der Waals surface area contributed by atoms with E-state index in [1.54, 1.807) is 0 Å². The summed E-state index contributed by atoms with van der Waals surface area (Å²) in [5.74, 6) is -2.30. The lowest BCUT2D eigenvalue weighted by molar-refractivity contribution is 0.0915. The van der Waals surface area contributed by atoms with Gasteiger partial charge in [0.1, 0.15) is 17.2 Å². The molecule has 1 aromatic carbocycles. The molecule has 1 aromatic rings. The summed E-state index contributed by atoms with van der Waals surface area (Å²) in [6.07, 6.45) is 0. The van der Waals surface area contributed by atoms with Gasteiger partial charge in [-0.25, -0.2) is 8.78 Å². The number of amides is 1. The molecule has 1 heterocycles. The molecule has 1 fully saturated rings. The van der Waals surface area contributed by atoms with Gasteiger partial charge in [-0.15, -0.1) is 0 Å². The fourth-order valence-corrected chi connectivity index (χ4v) is 1.51. The molecule has 2 rings (SSSR count). The molecule has 1 aliphatic rings. The Kier molecular flexibility index (Phi) is 2.87. The summed E-state index contributed by atoms with van der Waals surface area (Å²) in [6, 6.07) is 2.38. The fourth-order valence-electron chi connectivity index (χ4n) is 1.51. The Labute approximate surface area is 91.8 Å². The molecular formula is C11H12F2N2O. The molecule has 2 N–H and O–H groups in total. The number of hydrogen-bond acceptors (Lipinski definition) is 2. The number of aryl methyl sites for hydroxylation is 1. The maximum atomic E-state index is 13.6. The summed E-state index contributed by atoms with van der Waals surface area (Å²) < 4.78 is 26.9. The summed E-state index contributed by atoms with van der Waals surface area (Å²) in [5.41, 5.74) is -0.231. The topological polar surface area (TPSA) is 41.1 Å². The first-order valence-corrected chi connectivity index (χ1v) is 5.06. The van der Waals surface area contributed by atoms with E-state index in [2.05, 4.69) is 10.6 Å². The lowest BCUT2D eigenvalue weighted by atomic mass is 10.1. The summed E-state index contributed by atoms with van der Waals surface area (Å²) >= 11 is 0. The van der Waals surface area contributed by atoms with Crippen molar-refractivity contribution in [3.63, 3.8) is 0 Å². The van der Waals surface area contributed by atoms with E-state index in [1.807, 2.05) is 0 Å². The standard InChI is InChI=1S/C11H12F2N2O/c1-6-2-3-8(12)9(10(6)13)11(16)15-7-4-14-5-7/h2-3,7,14H,4-5H2,1H3,(H,15,16). The molecular weight excluding hydrogens is 214 g/mol. The van der Waals surface area contributed by atoms with Crippen LogP contribution in [0.5, 0.6) is 0 Å². The second-order valence-corrected chi connectivity index (χ2v) is 3.88. The predicted octanol–water partition coefficient (Wildman–Crippen LogP) is 0.975. The minimum atomic E-state index is -0.826. The van der Waals surface area contributed by atoms with Gasteiger partial charge in [0.15, 0.2) is 0 Å². The number of carbonyl (C=O) groups excluding carboxylic acids is 1. The molecule has 0 radical (unpaired) electrons. The highest BCUT2D eigenvalue weighted by atomic mass is 19.1. The molecule has 3 nitrogen and oxygen atoms in total. The zero-order chi connectivity index (χ0) is 11.7. The van der Waals surface area contributed by atoms with Crippen LogP contribution in [0, 0.1) is 18.6 Å². The zero-order valence-corrected chi connectivity index (χ0v) is 8.81. The van der Waals surface area contributed by atoms with Crippen molar-refractivity contribution in [3.8, 4) is 0 Å². The van der Waals surface area contributed by atoms with Crippen molar-refractivity contribution in [1.82, 2.24) is 10.6 Å². The molecule has 1 aliphatic heterocycles. The van der Waals surface area contributed by atoms with Crippen LogP contribution in [-0.4, -0.2) is 25.0 Å². The Balaban J connectivity index is 2.24. The summed E-state index contributed by atoms with van der Waals surface area (Å²) in [6.45, 7) is 2.78. The van der Waals surface area contributed by atoms with Gasteiger partial charge in [-0.05, 0) is 18.6 Å². The molecule has 16 heavy (non-hydrogen) atoms. The lowest BCUT2D eigenvalue weighted by Crippen LogP contribution is -2.57. The summed E-state index contributed by atoms with van der Waals surface area (Å²) in [4.78, 5) is 11.6. The monoisotopic (exact) mass is 226 g/mol. The number of rotatable bonds is 2. The first-order chi connectivity index (χ1) is 7.59. The van der Waals surface area contributed by atoms with Crippen LogP contribution in [0.15, 0.2) is 12.1 Å². The van der Waals surface area contributed by atoms with Gasteiger partial charge >= 0.3 is 0 Å². The Bertz CT molecular complexity index is 430. The van der Waals surface area contributed by atoms with Crippen molar-refractivity contribution >= 4 is 5.91 Å². The van der Waals surface area contributed by atoms with E-state index < -0.39 is 23.1 Å². The lowest BCUT2D eigenvalue weighted by Gasteiger charge is -2.28. The molecule has 0 bridgehead atoms. The number of carbonyl (C=O) groups is 1. The Hall–Kier alpha value is -1.49. The number of nitrogens with one attached hydrogen (secondary N) is 2.